The van der Waals surface area contributed by atoms with Crippen LogP contribution in [0.1, 0.15) is 18.4 Å². The van der Waals surface area contributed by atoms with Crippen molar-refractivity contribution >= 4 is 0 Å². The summed E-state index contributed by atoms with van der Waals surface area (Å²) in [5.41, 5.74) is 1.30. The zero-order chi connectivity index (χ0) is 12.5. The lowest BCUT2D eigenvalue weighted by atomic mass is 10.1. The lowest BCUT2D eigenvalue weighted by molar-refractivity contribution is 0.264. The molecule has 1 aromatic rings. The average Bonchev–Trinajstić information content (AvgIpc) is 2.37. The minimum atomic E-state index is 0.295. The predicted octanol–water partition coefficient (Wildman–Crippen LogP) is 1.94. The number of aliphatic hydroxyl groups is 1. The van der Waals surface area contributed by atoms with Crippen LogP contribution >= 0.6 is 0 Å². The molecule has 0 aromatic heterocycles. The molecule has 0 heterocycles. The number of rotatable bonds is 8. The molecule has 96 valence electrons. The van der Waals surface area contributed by atoms with Gasteiger partial charge in [-0.1, -0.05) is 12.1 Å². The number of benzene rings is 1. The molecule has 0 amide bonds. The maximum absolute atomic E-state index is 8.71. The second kappa shape index (κ2) is 8.09. The van der Waals surface area contributed by atoms with E-state index in [-0.39, 0.29) is 0 Å². The molecule has 0 aliphatic heterocycles. The molecular weight excluding hydrogens is 214 g/mol. The number of ether oxygens (including phenoxy) is 1. The van der Waals surface area contributed by atoms with Gasteiger partial charge < -0.3 is 14.7 Å². The van der Waals surface area contributed by atoms with E-state index in [1.807, 2.05) is 12.1 Å². The third-order valence-corrected chi connectivity index (χ3v) is 2.86. The highest BCUT2D eigenvalue weighted by atomic mass is 16.5. The molecule has 0 atom stereocenters. The molecule has 0 saturated carbocycles. The molecule has 0 aliphatic rings. The van der Waals surface area contributed by atoms with Gasteiger partial charge in [0.2, 0.25) is 0 Å². The number of methoxy groups -OCH3 is 1. The third kappa shape index (κ3) is 5.71. The van der Waals surface area contributed by atoms with E-state index in [9.17, 15) is 0 Å². The lowest BCUT2D eigenvalue weighted by Gasteiger charge is -2.16. The van der Waals surface area contributed by atoms with Gasteiger partial charge in [0.05, 0.1) is 7.11 Å². The van der Waals surface area contributed by atoms with Gasteiger partial charge in [-0.25, -0.2) is 0 Å². The van der Waals surface area contributed by atoms with Gasteiger partial charge in [-0.05, 0) is 50.6 Å². The standard InChI is InChI=1S/C14H23NO2/c1-15(9-3-4-11-16)10-8-13-6-5-7-14(12-13)17-2/h5-7,12,16H,3-4,8-11H2,1-2H3. The quantitative estimate of drug-likeness (QED) is 0.701. The largest absolute Gasteiger partial charge is 0.497 e. The summed E-state index contributed by atoms with van der Waals surface area (Å²) >= 11 is 0. The molecule has 1 N–H and O–H groups in total. The van der Waals surface area contributed by atoms with Crippen molar-refractivity contribution in [1.29, 1.82) is 0 Å². The molecule has 0 unspecified atom stereocenters. The zero-order valence-corrected chi connectivity index (χ0v) is 10.9. The second-order valence-corrected chi connectivity index (χ2v) is 4.34. The van der Waals surface area contributed by atoms with Crippen LogP contribution in [0, 0.1) is 0 Å². The van der Waals surface area contributed by atoms with Gasteiger partial charge in [-0.2, -0.15) is 0 Å². The summed E-state index contributed by atoms with van der Waals surface area (Å²) in [7, 11) is 3.82. The van der Waals surface area contributed by atoms with Crippen LogP contribution in [0.4, 0.5) is 0 Å². The van der Waals surface area contributed by atoms with E-state index in [4.69, 9.17) is 9.84 Å². The Balaban J connectivity index is 2.28. The summed E-state index contributed by atoms with van der Waals surface area (Å²) < 4.78 is 5.20. The molecule has 0 spiro atoms. The van der Waals surface area contributed by atoms with Crippen molar-refractivity contribution in [2.75, 3.05) is 33.9 Å². The Hall–Kier alpha value is -1.06. The van der Waals surface area contributed by atoms with Gasteiger partial charge >= 0.3 is 0 Å². The van der Waals surface area contributed by atoms with Crippen LogP contribution in [0.3, 0.4) is 0 Å². The van der Waals surface area contributed by atoms with Crippen LogP contribution in [0.5, 0.6) is 5.75 Å². The molecule has 1 rings (SSSR count). The van der Waals surface area contributed by atoms with E-state index in [0.717, 1.165) is 38.1 Å². The molecule has 3 heteroatoms. The van der Waals surface area contributed by atoms with Gasteiger partial charge in [-0.15, -0.1) is 0 Å². The van der Waals surface area contributed by atoms with Crippen LogP contribution in [-0.4, -0.2) is 43.9 Å². The highest BCUT2D eigenvalue weighted by Gasteiger charge is 2.00. The summed E-state index contributed by atoms with van der Waals surface area (Å²) in [6, 6.07) is 8.21. The number of likely N-dealkylation sites (N-methyl/N-ethyl adjacent to an activating group) is 1. The van der Waals surface area contributed by atoms with Crippen molar-refractivity contribution in [3.05, 3.63) is 29.8 Å². The monoisotopic (exact) mass is 237 g/mol. The Morgan fingerprint density at radius 2 is 2.06 bits per heavy atom. The first-order valence-electron chi connectivity index (χ1n) is 6.18. The van der Waals surface area contributed by atoms with E-state index in [0.29, 0.717) is 6.61 Å². The molecule has 17 heavy (non-hydrogen) atoms. The fraction of sp³-hybridized carbons (Fsp3) is 0.571. The first-order valence-corrected chi connectivity index (χ1v) is 6.18. The SMILES string of the molecule is COc1cccc(CCN(C)CCCCO)c1. The van der Waals surface area contributed by atoms with Crippen molar-refractivity contribution in [3.8, 4) is 5.75 Å². The maximum Gasteiger partial charge on any atom is 0.119 e. The maximum atomic E-state index is 8.71. The fourth-order valence-electron chi connectivity index (χ4n) is 1.75. The van der Waals surface area contributed by atoms with E-state index < -0.39 is 0 Å². The van der Waals surface area contributed by atoms with Crippen LogP contribution in [0.25, 0.3) is 0 Å². The lowest BCUT2D eigenvalue weighted by Crippen LogP contribution is -2.22. The number of hydrogen-bond donors (Lipinski definition) is 1. The fourth-order valence-corrected chi connectivity index (χ4v) is 1.75. The van der Waals surface area contributed by atoms with Crippen molar-refractivity contribution in [2.45, 2.75) is 19.3 Å². The zero-order valence-electron chi connectivity index (χ0n) is 10.9. The van der Waals surface area contributed by atoms with Crippen molar-refractivity contribution in [2.24, 2.45) is 0 Å². The van der Waals surface area contributed by atoms with E-state index in [1.54, 1.807) is 7.11 Å². The number of nitrogens with zero attached hydrogens (tertiary/aromatic N) is 1. The smallest absolute Gasteiger partial charge is 0.119 e. The van der Waals surface area contributed by atoms with Crippen molar-refractivity contribution in [1.82, 2.24) is 4.90 Å². The van der Waals surface area contributed by atoms with E-state index in [2.05, 4.69) is 24.1 Å². The molecule has 0 fully saturated rings. The van der Waals surface area contributed by atoms with Gasteiger partial charge in [0.1, 0.15) is 5.75 Å². The molecule has 1 aromatic carbocycles. The minimum Gasteiger partial charge on any atom is -0.497 e. The van der Waals surface area contributed by atoms with Crippen LogP contribution in [0.2, 0.25) is 0 Å². The summed E-state index contributed by atoms with van der Waals surface area (Å²) in [5.74, 6) is 0.922. The first kappa shape index (κ1) is 14.0. The van der Waals surface area contributed by atoms with Gasteiger partial charge in [0.15, 0.2) is 0 Å². The number of aliphatic hydroxyl groups excluding tert-OH is 1. The van der Waals surface area contributed by atoms with Crippen LogP contribution < -0.4 is 4.74 Å². The molecule has 3 nitrogen and oxygen atoms in total. The second-order valence-electron chi connectivity index (χ2n) is 4.34. The highest BCUT2D eigenvalue weighted by molar-refractivity contribution is 5.28. The molecular formula is C14H23NO2. The van der Waals surface area contributed by atoms with Crippen LogP contribution in [-0.2, 0) is 6.42 Å². The van der Waals surface area contributed by atoms with E-state index in [1.165, 1.54) is 5.56 Å². The average molecular weight is 237 g/mol. The number of unbranched alkanes of at least 4 members (excludes halogenated alkanes) is 1. The normalized spacial score (nSPS) is 10.8. The first-order chi connectivity index (χ1) is 8.26. The van der Waals surface area contributed by atoms with Crippen LogP contribution in [0.15, 0.2) is 24.3 Å². The Bertz CT molecular complexity index is 315. The molecule has 0 radical (unpaired) electrons. The predicted molar refractivity (Wildman–Crippen MR) is 70.5 cm³/mol. The van der Waals surface area contributed by atoms with E-state index >= 15 is 0 Å². The highest BCUT2D eigenvalue weighted by Crippen LogP contribution is 2.13. The Kier molecular flexibility index (Phi) is 6.67. The molecule has 0 bridgehead atoms. The third-order valence-electron chi connectivity index (χ3n) is 2.86. The summed E-state index contributed by atoms with van der Waals surface area (Å²) in [5, 5.41) is 8.71. The Morgan fingerprint density at radius 1 is 1.24 bits per heavy atom. The van der Waals surface area contributed by atoms with Gasteiger partial charge in [-0.3, -0.25) is 0 Å². The Labute approximate surface area is 104 Å². The Morgan fingerprint density at radius 3 is 2.76 bits per heavy atom. The summed E-state index contributed by atoms with van der Waals surface area (Å²) in [4.78, 5) is 2.30. The van der Waals surface area contributed by atoms with Gasteiger partial charge in [0, 0.05) is 13.2 Å². The molecule has 0 aliphatic carbocycles. The van der Waals surface area contributed by atoms with Crippen molar-refractivity contribution < 1.29 is 9.84 Å². The summed E-state index contributed by atoms with van der Waals surface area (Å²) in [6.45, 7) is 2.38. The van der Waals surface area contributed by atoms with Crippen molar-refractivity contribution in [3.63, 3.8) is 0 Å². The minimum absolute atomic E-state index is 0.295. The topological polar surface area (TPSA) is 32.7 Å². The molecule has 0 saturated heterocycles. The summed E-state index contributed by atoms with van der Waals surface area (Å²) in [6.07, 6.45) is 2.99. The number of hydrogen-bond acceptors (Lipinski definition) is 3. The van der Waals surface area contributed by atoms with Gasteiger partial charge in [0.25, 0.3) is 0 Å².